The summed E-state index contributed by atoms with van der Waals surface area (Å²) in [6.07, 6.45) is 0.972. The van der Waals surface area contributed by atoms with Crippen molar-refractivity contribution in [3.63, 3.8) is 0 Å². The number of nitrogens with one attached hydrogen (secondary N) is 1. The zero-order chi connectivity index (χ0) is 14.5. The van der Waals surface area contributed by atoms with Crippen molar-refractivity contribution in [3.05, 3.63) is 33.1 Å². The van der Waals surface area contributed by atoms with Crippen molar-refractivity contribution in [2.75, 3.05) is 11.9 Å². The second-order valence-electron chi connectivity index (χ2n) is 4.83. The molecule has 108 valence electrons. The molecule has 0 atom stereocenters. The molecule has 0 radical (unpaired) electrons. The number of aromatic nitrogens is 2. The molecule has 0 bridgehead atoms. The van der Waals surface area contributed by atoms with Gasteiger partial charge < -0.3 is 10.1 Å². The van der Waals surface area contributed by atoms with Crippen molar-refractivity contribution in [1.82, 2.24) is 9.97 Å². The molecule has 2 aromatic rings. The second kappa shape index (κ2) is 6.70. The number of hydrogen-bond donors (Lipinski definition) is 1. The zero-order valence-electron chi connectivity index (χ0n) is 12.5. The molecule has 2 aromatic heterocycles. The summed E-state index contributed by atoms with van der Waals surface area (Å²) < 4.78 is 5.56. The van der Waals surface area contributed by atoms with Crippen LogP contribution in [0, 0.1) is 20.8 Å². The van der Waals surface area contributed by atoms with Gasteiger partial charge in [-0.05, 0) is 38.8 Å². The number of nitrogens with zero attached hydrogens (tertiary/aromatic N) is 2. The van der Waals surface area contributed by atoms with Crippen LogP contribution < -0.4 is 10.1 Å². The predicted octanol–water partition coefficient (Wildman–Crippen LogP) is 3.86. The van der Waals surface area contributed by atoms with E-state index in [9.17, 15) is 0 Å². The molecule has 5 heteroatoms. The molecule has 2 rings (SSSR count). The summed E-state index contributed by atoms with van der Waals surface area (Å²) in [5, 5.41) is 3.27. The highest BCUT2D eigenvalue weighted by atomic mass is 32.1. The Hall–Kier alpha value is -1.62. The minimum atomic E-state index is 0.625. The highest BCUT2D eigenvalue weighted by Crippen LogP contribution is 2.21. The molecule has 0 unspecified atom stereocenters. The molecule has 0 fully saturated rings. The summed E-state index contributed by atoms with van der Waals surface area (Å²) in [4.78, 5) is 11.4. The van der Waals surface area contributed by atoms with E-state index in [1.54, 1.807) is 11.3 Å². The van der Waals surface area contributed by atoms with Crippen molar-refractivity contribution in [1.29, 1.82) is 0 Å². The third-order valence-corrected chi connectivity index (χ3v) is 4.08. The molecular weight excluding hydrogens is 270 g/mol. The van der Waals surface area contributed by atoms with Crippen LogP contribution in [0.25, 0.3) is 0 Å². The lowest BCUT2D eigenvalue weighted by atomic mass is 10.3. The van der Waals surface area contributed by atoms with E-state index in [1.165, 1.54) is 15.3 Å². The fourth-order valence-corrected chi connectivity index (χ4v) is 2.80. The smallest absolute Gasteiger partial charge is 0.226 e. The molecule has 0 saturated heterocycles. The number of anilines is 1. The monoisotopic (exact) mass is 291 g/mol. The number of aryl methyl sites for hydroxylation is 3. The van der Waals surface area contributed by atoms with E-state index in [-0.39, 0.29) is 0 Å². The molecule has 0 saturated carbocycles. The zero-order valence-corrected chi connectivity index (χ0v) is 13.3. The van der Waals surface area contributed by atoms with Gasteiger partial charge in [0.1, 0.15) is 0 Å². The summed E-state index contributed by atoms with van der Waals surface area (Å²) in [6.45, 7) is 9.73. The Morgan fingerprint density at radius 1 is 1.20 bits per heavy atom. The molecule has 0 amide bonds. The first kappa shape index (κ1) is 14.8. The van der Waals surface area contributed by atoms with Crippen LogP contribution in [-0.4, -0.2) is 16.6 Å². The van der Waals surface area contributed by atoms with Crippen LogP contribution in [0.3, 0.4) is 0 Å². The van der Waals surface area contributed by atoms with E-state index in [0.29, 0.717) is 18.4 Å². The largest absolute Gasteiger partial charge is 0.478 e. The van der Waals surface area contributed by atoms with Gasteiger partial charge >= 0.3 is 0 Å². The van der Waals surface area contributed by atoms with Crippen LogP contribution >= 0.6 is 11.3 Å². The average molecular weight is 291 g/mol. The first-order chi connectivity index (χ1) is 9.58. The molecule has 1 N–H and O–H groups in total. The van der Waals surface area contributed by atoms with Gasteiger partial charge in [0.2, 0.25) is 11.8 Å². The van der Waals surface area contributed by atoms with Gasteiger partial charge in [0, 0.05) is 21.5 Å². The van der Waals surface area contributed by atoms with Crippen LogP contribution in [0.4, 0.5) is 5.95 Å². The predicted molar refractivity (Wildman–Crippen MR) is 83.7 cm³/mol. The van der Waals surface area contributed by atoms with Crippen molar-refractivity contribution < 1.29 is 4.74 Å². The maximum atomic E-state index is 5.56. The van der Waals surface area contributed by atoms with Crippen LogP contribution in [0.2, 0.25) is 0 Å². The fraction of sp³-hybridized carbons (Fsp3) is 0.467. The maximum absolute atomic E-state index is 5.56. The van der Waals surface area contributed by atoms with Crippen LogP contribution in [0.1, 0.15) is 34.4 Å². The third kappa shape index (κ3) is 3.93. The second-order valence-corrected chi connectivity index (χ2v) is 6.17. The van der Waals surface area contributed by atoms with E-state index in [1.807, 2.05) is 13.0 Å². The molecule has 2 heterocycles. The summed E-state index contributed by atoms with van der Waals surface area (Å²) >= 11 is 1.81. The fourth-order valence-electron chi connectivity index (χ4n) is 1.80. The Balaban J connectivity index is 2.03. The quantitative estimate of drug-likeness (QED) is 0.877. The Kier molecular flexibility index (Phi) is 4.95. The highest BCUT2D eigenvalue weighted by molar-refractivity contribution is 7.12. The Morgan fingerprint density at radius 2 is 2.00 bits per heavy atom. The van der Waals surface area contributed by atoms with Crippen LogP contribution in [-0.2, 0) is 6.54 Å². The van der Waals surface area contributed by atoms with Gasteiger partial charge in [0.25, 0.3) is 0 Å². The van der Waals surface area contributed by atoms with Gasteiger partial charge in [0.05, 0.1) is 13.2 Å². The standard InChI is InChI=1S/C15H21N3OS/c1-5-6-19-14-8-11(3)17-15(18-14)16-9-13-7-10(2)12(4)20-13/h7-8H,5-6,9H2,1-4H3,(H,16,17,18). The van der Waals surface area contributed by atoms with E-state index < -0.39 is 0 Å². The summed E-state index contributed by atoms with van der Waals surface area (Å²) in [7, 11) is 0. The average Bonchev–Trinajstić information content (AvgIpc) is 2.73. The lowest BCUT2D eigenvalue weighted by molar-refractivity contribution is 0.305. The first-order valence-corrected chi connectivity index (χ1v) is 7.68. The molecule has 0 aromatic carbocycles. The van der Waals surface area contributed by atoms with Crippen molar-refractivity contribution in [2.24, 2.45) is 0 Å². The van der Waals surface area contributed by atoms with Crippen molar-refractivity contribution in [2.45, 2.75) is 40.7 Å². The molecular formula is C15H21N3OS. The van der Waals surface area contributed by atoms with Crippen LogP contribution in [0.5, 0.6) is 5.88 Å². The van der Waals surface area contributed by atoms with E-state index >= 15 is 0 Å². The van der Waals surface area contributed by atoms with Crippen molar-refractivity contribution in [3.8, 4) is 5.88 Å². The summed E-state index contributed by atoms with van der Waals surface area (Å²) in [5.74, 6) is 1.26. The molecule has 4 nitrogen and oxygen atoms in total. The topological polar surface area (TPSA) is 47.0 Å². The highest BCUT2D eigenvalue weighted by Gasteiger charge is 2.05. The lowest BCUT2D eigenvalue weighted by Crippen LogP contribution is -2.06. The van der Waals surface area contributed by atoms with Gasteiger partial charge in [0.15, 0.2) is 0 Å². The molecule has 0 aliphatic carbocycles. The molecule has 0 aliphatic rings. The number of hydrogen-bond acceptors (Lipinski definition) is 5. The normalized spacial score (nSPS) is 10.6. The van der Waals surface area contributed by atoms with E-state index in [0.717, 1.165) is 18.7 Å². The summed E-state index contributed by atoms with van der Waals surface area (Å²) in [6, 6.07) is 4.07. The third-order valence-electron chi connectivity index (χ3n) is 2.92. The number of ether oxygens (including phenoxy) is 1. The molecule has 0 spiro atoms. The Bertz CT molecular complexity index is 561. The van der Waals surface area contributed by atoms with Gasteiger partial charge in [-0.15, -0.1) is 11.3 Å². The molecule has 20 heavy (non-hydrogen) atoms. The van der Waals surface area contributed by atoms with Crippen LogP contribution in [0.15, 0.2) is 12.1 Å². The number of thiophene rings is 1. The maximum Gasteiger partial charge on any atom is 0.226 e. The van der Waals surface area contributed by atoms with Gasteiger partial charge in [-0.25, -0.2) is 4.98 Å². The minimum Gasteiger partial charge on any atom is -0.478 e. The van der Waals surface area contributed by atoms with E-state index in [4.69, 9.17) is 4.74 Å². The Morgan fingerprint density at radius 3 is 2.65 bits per heavy atom. The minimum absolute atomic E-state index is 0.625. The van der Waals surface area contributed by atoms with Gasteiger partial charge in [-0.3, -0.25) is 0 Å². The first-order valence-electron chi connectivity index (χ1n) is 6.86. The number of rotatable bonds is 6. The Labute approximate surface area is 124 Å². The van der Waals surface area contributed by atoms with Gasteiger partial charge in [-0.2, -0.15) is 4.98 Å². The lowest BCUT2D eigenvalue weighted by Gasteiger charge is -2.08. The summed E-state index contributed by atoms with van der Waals surface area (Å²) in [5.41, 5.74) is 2.25. The van der Waals surface area contributed by atoms with E-state index in [2.05, 4.69) is 42.1 Å². The SMILES string of the molecule is CCCOc1cc(C)nc(NCc2cc(C)c(C)s2)n1. The van der Waals surface area contributed by atoms with Gasteiger partial charge in [-0.1, -0.05) is 6.92 Å². The molecule has 0 aliphatic heterocycles. The van der Waals surface area contributed by atoms with Crippen molar-refractivity contribution >= 4 is 17.3 Å².